The highest BCUT2D eigenvalue weighted by atomic mass is 32.2. The van der Waals surface area contributed by atoms with E-state index >= 15 is 0 Å². The Balaban J connectivity index is 1.74. The predicted molar refractivity (Wildman–Crippen MR) is 82.1 cm³/mol. The first kappa shape index (κ1) is 12.8. The van der Waals surface area contributed by atoms with Crippen molar-refractivity contribution in [2.45, 2.75) is 25.4 Å². The van der Waals surface area contributed by atoms with Gasteiger partial charge in [-0.05, 0) is 25.5 Å². The van der Waals surface area contributed by atoms with Crippen molar-refractivity contribution in [1.29, 1.82) is 0 Å². The molecule has 98 valence electrons. The van der Waals surface area contributed by atoms with Gasteiger partial charge in [-0.2, -0.15) is 0 Å². The van der Waals surface area contributed by atoms with Crippen molar-refractivity contribution in [3.63, 3.8) is 0 Å². The molecule has 0 spiro atoms. The number of rotatable bonds is 2. The quantitative estimate of drug-likeness (QED) is 0.818. The third-order valence-corrected chi connectivity index (χ3v) is 5.35. The third-order valence-electron chi connectivity index (χ3n) is 3.08. The molecule has 1 aliphatic rings. The number of aromatic nitrogens is 1. The van der Waals surface area contributed by atoms with Crippen LogP contribution in [0.5, 0.6) is 0 Å². The second-order valence-corrected chi connectivity index (χ2v) is 6.57. The van der Waals surface area contributed by atoms with E-state index in [1.165, 1.54) is 11.1 Å². The highest BCUT2D eigenvalue weighted by Gasteiger charge is 2.15. The van der Waals surface area contributed by atoms with E-state index in [0.717, 1.165) is 33.0 Å². The Morgan fingerprint density at radius 1 is 1.32 bits per heavy atom. The first-order valence-electron chi connectivity index (χ1n) is 6.08. The summed E-state index contributed by atoms with van der Waals surface area (Å²) in [6.45, 7) is 3.94. The number of para-hydroxylation sites is 1. The Kier molecular flexibility index (Phi) is 3.66. The molecule has 0 radical (unpaired) electrons. The van der Waals surface area contributed by atoms with Gasteiger partial charge >= 0.3 is 0 Å². The fraction of sp³-hybridized carbons (Fsp3) is 0.286. The smallest absolute Gasteiger partial charge is 0.137 e. The third kappa shape index (κ3) is 2.72. The van der Waals surface area contributed by atoms with Crippen molar-refractivity contribution in [3.05, 3.63) is 46.8 Å². The molecule has 19 heavy (non-hydrogen) atoms. The van der Waals surface area contributed by atoms with Crippen molar-refractivity contribution in [3.8, 4) is 0 Å². The molecule has 0 unspecified atom stereocenters. The average molecular weight is 290 g/mol. The number of aryl methyl sites for hydroxylation is 2. The minimum Gasteiger partial charge on any atom is -0.361 e. The standard InChI is InChI=1S/C14H14N2OS2/c1-9-12(10(2)17-16-9)8-19-14-15-13-6-4-3-5-11(13)7-18-14/h3-6H,7-8H2,1-2H3. The van der Waals surface area contributed by atoms with Crippen molar-refractivity contribution in [2.75, 3.05) is 0 Å². The number of hydrogen-bond acceptors (Lipinski definition) is 5. The van der Waals surface area contributed by atoms with Gasteiger partial charge in [-0.1, -0.05) is 46.9 Å². The Morgan fingerprint density at radius 2 is 2.16 bits per heavy atom. The zero-order chi connectivity index (χ0) is 13.2. The predicted octanol–water partition coefficient (Wildman–Crippen LogP) is 4.46. The molecule has 3 rings (SSSR count). The molecule has 0 aliphatic carbocycles. The second-order valence-electron chi connectivity index (χ2n) is 4.39. The summed E-state index contributed by atoms with van der Waals surface area (Å²) >= 11 is 3.56. The number of aliphatic imine (C=N–C) groups is 1. The summed E-state index contributed by atoms with van der Waals surface area (Å²) < 4.78 is 6.31. The fourth-order valence-corrected chi connectivity index (χ4v) is 4.14. The first-order valence-corrected chi connectivity index (χ1v) is 8.05. The monoisotopic (exact) mass is 290 g/mol. The van der Waals surface area contributed by atoms with E-state index in [4.69, 9.17) is 9.52 Å². The Morgan fingerprint density at radius 3 is 2.95 bits per heavy atom. The van der Waals surface area contributed by atoms with Gasteiger partial charge in [-0.3, -0.25) is 0 Å². The molecule has 2 aromatic rings. The van der Waals surface area contributed by atoms with Crippen LogP contribution in [0.25, 0.3) is 0 Å². The Bertz CT molecular complexity index is 615. The summed E-state index contributed by atoms with van der Waals surface area (Å²) in [5, 5.41) is 3.98. The van der Waals surface area contributed by atoms with E-state index in [9.17, 15) is 0 Å². The molecule has 5 heteroatoms. The lowest BCUT2D eigenvalue weighted by atomic mass is 10.2. The molecular weight excluding hydrogens is 276 g/mol. The van der Waals surface area contributed by atoms with Crippen LogP contribution in [0.4, 0.5) is 5.69 Å². The summed E-state index contributed by atoms with van der Waals surface area (Å²) in [6, 6.07) is 8.32. The highest BCUT2D eigenvalue weighted by molar-refractivity contribution is 8.38. The van der Waals surface area contributed by atoms with E-state index < -0.39 is 0 Å². The van der Waals surface area contributed by atoms with Crippen LogP contribution >= 0.6 is 23.5 Å². The average Bonchev–Trinajstić information content (AvgIpc) is 2.76. The maximum atomic E-state index is 5.18. The van der Waals surface area contributed by atoms with Crippen LogP contribution in [0.2, 0.25) is 0 Å². The number of benzene rings is 1. The second kappa shape index (κ2) is 5.43. The zero-order valence-corrected chi connectivity index (χ0v) is 12.5. The summed E-state index contributed by atoms with van der Waals surface area (Å²) in [5.74, 6) is 2.78. The minimum absolute atomic E-state index is 0.870. The van der Waals surface area contributed by atoms with Gasteiger partial charge in [0.1, 0.15) is 10.1 Å². The zero-order valence-electron chi connectivity index (χ0n) is 10.8. The van der Waals surface area contributed by atoms with Gasteiger partial charge in [0.25, 0.3) is 0 Å². The number of thioether (sulfide) groups is 2. The van der Waals surface area contributed by atoms with Gasteiger partial charge in [0, 0.05) is 17.1 Å². The number of nitrogens with zero attached hydrogens (tertiary/aromatic N) is 2. The molecule has 2 heterocycles. The molecule has 0 fully saturated rings. The summed E-state index contributed by atoms with van der Waals surface area (Å²) in [6.07, 6.45) is 0. The lowest BCUT2D eigenvalue weighted by Gasteiger charge is -2.13. The van der Waals surface area contributed by atoms with E-state index in [1.807, 2.05) is 19.9 Å². The summed E-state index contributed by atoms with van der Waals surface area (Å²) in [4.78, 5) is 4.70. The SMILES string of the molecule is Cc1noc(C)c1CSC1=Nc2ccccc2CS1. The fourth-order valence-electron chi connectivity index (χ4n) is 1.93. The molecule has 1 aliphatic heterocycles. The highest BCUT2D eigenvalue weighted by Crippen LogP contribution is 2.35. The number of hydrogen-bond donors (Lipinski definition) is 0. The van der Waals surface area contributed by atoms with E-state index in [0.29, 0.717) is 0 Å². The number of fused-ring (bicyclic) bond motifs is 1. The van der Waals surface area contributed by atoms with Gasteiger partial charge in [0.2, 0.25) is 0 Å². The molecule has 0 atom stereocenters. The van der Waals surface area contributed by atoms with Gasteiger partial charge in [-0.25, -0.2) is 4.99 Å². The summed E-state index contributed by atoms with van der Waals surface area (Å²) in [7, 11) is 0. The van der Waals surface area contributed by atoms with Crippen LogP contribution < -0.4 is 0 Å². The largest absolute Gasteiger partial charge is 0.361 e. The maximum absolute atomic E-state index is 5.18. The van der Waals surface area contributed by atoms with Gasteiger partial charge in [-0.15, -0.1) is 0 Å². The molecule has 1 aromatic carbocycles. The molecule has 3 nitrogen and oxygen atoms in total. The van der Waals surface area contributed by atoms with Gasteiger partial charge in [0.05, 0.1) is 11.4 Å². The van der Waals surface area contributed by atoms with E-state index in [-0.39, 0.29) is 0 Å². The summed E-state index contributed by atoms with van der Waals surface area (Å²) in [5.41, 5.74) is 4.58. The topological polar surface area (TPSA) is 38.4 Å². The van der Waals surface area contributed by atoms with Crippen LogP contribution in [-0.2, 0) is 11.5 Å². The van der Waals surface area contributed by atoms with Crippen LogP contribution in [0, 0.1) is 13.8 Å². The van der Waals surface area contributed by atoms with Crippen LogP contribution in [0.1, 0.15) is 22.6 Å². The van der Waals surface area contributed by atoms with E-state index in [2.05, 4.69) is 23.4 Å². The molecular formula is C14H14N2OS2. The van der Waals surface area contributed by atoms with Crippen LogP contribution in [-0.4, -0.2) is 9.53 Å². The van der Waals surface area contributed by atoms with Crippen molar-refractivity contribution < 1.29 is 4.52 Å². The maximum Gasteiger partial charge on any atom is 0.137 e. The molecule has 0 bridgehead atoms. The molecule has 0 saturated carbocycles. The van der Waals surface area contributed by atoms with Crippen molar-refractivity contribution >= 4 is 33.6 Å². The lowest BCUT2D eigenvalue weighted by Crippen LogP contribution is -1.96. The molecule has 1 aromatic heterocycles. The normalized spacial score (nSPS) is 14.1. The van der Waals surface area contributed by atoms with Crippen molar-refractivity contribution in [2.24, 2.45) is 4.99 Å². The molecule has 0 amide bonds. The Labute approximate surface area is 120 Å². The van der Waals surface area contributed by atoms with Gasteiger partial charge in [0.15, 0.2) is 0 Å². The van der Waals surface area contributed by atoms with Crippen LogP contribution in [0.15, 0.2) is 33.8 Å². The van der Waals surface area contributed by atoms with Crippen LogP contribution in [0.3, 0.4) is 0 Å². The Hall–Kier alpha value is -1.20. The lowest BCUT2D eigenvalue weighted by molar-refractivity contribution is 0.392. The van der Waals surface area contributed by atoms with Gasteiger partial charge < -0.3 is 4.52 Å². The minimum atomic E-state index is 0.870. The van der Waals surface area contributed by atoms with Crippen molar-refractivity contribution in [1.82, 2.24) is 5.16 Å². The molecule has 0 N–H and O–H groups in total. The molecule has 0 saturated heterocycles. The first-order chi connectivity index (χ1) is 9.24. The van der Waals surface area contributed by atoms with E-state index in [1.54, 1.807) is 23.5 Å².